The summed E-state index contributed by atoms with van der Waals surface area (Å²) in [6.45, 7) is 0. The molecule has 66 valence electrons. The van der Waals surface area contributed by atoms with Crippen LogP contribution in [0, 0.1) is 0 Å². The maximum Gasteiger partial charge on any atom is 0.316 e. The van der Waals surface area contributed by atoms with Crippen LogP contribution in [0.4, 0.5) is 0 Å². The van der Waals surface area contributed by atoms with Crippen LogP contribution in [0.1, 0.15) is 0 Å². The molecular weight excluding hydrogens is 241 g/mol. The van der Waals surface area contributed by atoms with E-state index in [1.54, 1.807) is 0 Å². The Morgan fingerprint density at radius 1 is 1.09 bits per heavy atom. The van der Waals surface area contributed by atoms with Crippen molar-refractivity contribution in [2.24, 2.45) is 0 Å². The second-order valence-electron chi connectivity index (χ2n) is 0.679. The molecule has 7 nitrogen and oxygen atoms in total. The molecule has 11 heavy (non-hydrogen) atoms. The van der Waals surface area contributed by atoms with Crippen LogP contribution in [0.2, 0.25) is 0 Å². The van der Waals surface area contributed by atoms with Crippen molar-refractivity contribution in [3.05, 3.63) is 0 Å². The third-order valence-corrected chi connectivity index (χ3v) is 0. The Morgan fingerprint density at radius 2 is 1.09 bits per heavy atom. The SMILES string of the molecule is O=S(=O)(O)O.O=S(O)O.[CaH2].[MgH2]. The minimum Gasteiger partial charge on any atom is 0.316 e. The van der Waals surface area contributed by atoms with Crippen LogP contribution in [0.15, 0.2) is 0 Å². The minimum absolute atomic E-state index is 0. The van der Waals surface area contributed by atoms with Crippen molar-refractivity contribution >= 4 is 82.6 Å². The Hall–Kier alpha value is 1.97. The first-order valence-corrected chi connectivity index (χ1v) is 3.69. The monoisotopic (exact) mass is 248 g/mol. The summed E-state index contributed by atoms with van der Waals surface area (Å²) in [6.07, 6.45) is 0. The fraction of sp³-hybridized carbons (Fsp3) is 0. The van der Waals surface area contributed by atoms with Gasteiger partial charge in [0.15, 0.2) is 0 Å². The molecule has 0 heterocycles. The van der Waals surface area contributed by atoms with Crippen LogP contribution in [-0.2, 0) is 21.8 Å². The van der Waals surface area contributed by atoms with Gasteiger partial charge in [0.2, 0.25) is 0 Å². The molecule has 0 saturated carbocycles. The number of rotatable bonds is 0. The van der Waals surface area contributed by atoms with Gasteiger partial charge in [0.25, 0.3) is 11.4 Å². The first-order valence-electron chi connectivity index (χ1n) is 1.23. The van der Waals surface area contributed by atoms with E-state index < -0.39 is 21.8 Å². The second-order valence-corrected chi connectivity index (χ2v) is 2.04. The van der Waals surface area contributed by atoms with Crippen molar-refractivity contribution in [2.45, 2.75) is 0 Å². The van der Waals surface area contributed by atoms with Gasteiger partial charge in [0, 0.05) is 0 Å². The zero-order valence-electron chi connectivity index (χ0n) is 3.83. The molecule has 0 saturated heterocycles. The van der Waals surface area contributed by atoms with E-state index >= 15 is 0 Å². The average molecular weight is 249 g/mol. The molecule has 0 aromatic heterocycles. The van der Waals surface area contributed by atoms with Gasteiger partial charge in [-0.05, 0) is 0 Å². The first-order chi connectivity index (χ1) is 3.73. The van der Waals surface area contributed by atoms with Gasteiger partial charge in [0.1, 0.15) is 0 Å². The maximum atomic E-state index is 8.74. The van der Waals surface area contributed by atoms with Crippen molar-refractivity contribution in [1.82, 2.24) is 0 Å². The summed E-state index contributed by atoms with van der Waals surface area (Å²) in [4.78, 5) is 0. The molecule has 0 fully saturated rings. The average Bonchev–Trinajstić information content (AvgIpc) is 1.19. The largest absolute Gasteiger partial charge is 0.316 e. The molecule has 0 radical (unpaired) electrons. The molecule has 0 rings (SSSR count). The Bertz CT molecular complexity index is 159. The Balaban J connectivity index is -0.0000000383. The first kappa shape index (κ1) is 23.1. The molecule has 0 aliphatic heterocycles. The molecule has 11 heteroatoms. The van der Waals surface area contributed by atoms with Gasteiger partial charge < -0.3 is 0 Å². The zero-order chi connectivity index (χ0) is 8.08. The molecule has 0 bridgehead atoms. The van der Waals surface area contributed by atoms with E-state index in [2.05, 4.69) is 0 Å². The summed E-state index contributed by atoms with van der Waals surface area (Å²) in [6, 6.07) is 0. The number of hydrogen-bond donors (Lipinski definition) is 4. The number of hydrogen-bond acceptors (Lipinski definition) is 3. The van der Waals surface area contributed by atoms with Crippen LogP contribution < -0.4 is 0 Å². The molecule has 0 aliphatic carbocycles. The van der Waals surface area contributed by atoms with E-state index in [0.717, 1.165) is 0 Å². The molecule has 0 amide bonds. The van der Waals surface area contributed by atoms with Gasteiger partial charge in [-0.2, -0.15) is 12.6 Å². The van der Waals surface area contributed by atoms with E-state index in [0.29, 0.717) is 0 Å². The Kier molecular flexibility index (Phi) is 25.1. The quantitative estimate of drug-likeness (QED) is 0.207. The van der Waals surface area contributed by atoms with Crippen LogP contribution in [0.25, 0.3) is 0 Å². The van der Waals surface area contributed by atoms with Crippen LogP contribution in [0.3, 0.4) is 0 Å². The van der Waals surface area contributed by atoms with E-state index in [-0.39, 0.29) is 60.8 Å². The van der Waals surface area contributed by atoms with E-state index in [9.17, 15) is 0 Å². The molecule has 0 unspecified atom stereocenters. The fourth-order valence-electron chi connectivity index (χ4n) is 0. The van der Waals surface area contributed by atoms with Crippen LogP contribution in [-0.4, -0.2) is 91.6 Å². The fourth-order valence-corrected chi connectivity index (χ4v) is 0. The Morgan fingerprint density at radius 3 is 1.09 bits per heavy atom. The van der Waals surface area contributed by atoms with Crippen LogP contribution >= 0.6 is 0 Å². The van der Waals surface area contributed by atoms with Crippen molar-refractivity contribution in [2.75, 3.05) is 0 Å². The third kappa shape index (κ3) is 307. The van der Waals surface area contributed by atoms with Gasteiger partial charge in [-0.15, -0.1) is 0 Å². The summed E-state index contributed by atoms with van der Waals surface area (Å²) >= 11 is -2.61. The van der Waals surface area contributed by atoms with Crippen molar-refractivity contribution < 1.29 is 30.8 Å². The third-order valence-electron chi connectivity index (χ3n) is 0. The van der Waals surface area contributed by atoms with Crippen molar-refractivity contribution in [3.63, 3.8) is 0 Å². The smallest absolute Gasteiger partial charge is 0.316 e. The van der Waals surface area contributed by atoms with Gasteiger partial charge in [0.05, 0.1) is 0 Å². The molecule has 0 atom stereocenters. The zero-order valence-corrected chi connectivity index (χ0v) is 5.46. The van der Waals surface area contributed by atoms with Gasteiger partial charge in [-0.1, -0.05) is 0 Å². The standard InChI is InChI=1S/Ca.Mg.H2O4S.H2O3S.4H/c;;1-5(2,3)4;1-4(2)3;;;;/h;;(H2,1,2,3,4);(H2,1,2,3);;;;. The predicted octanol–water partition coefficient (Wildman–Crippen LogP) is -2.80. The summed E-state index contributed by atoms with van der Waals surface area (Å²) < 4.78 is 54.4. The predicted molar refractivity (Wildman–Crippen MR) is 44.7 cm³/mol. The molecular formula is H8CaMgO7S2. The molecule has 0 aromatic rings. The van der Waals surface area contributed by atoms with Crippen molar-refractivity contribution in [1.29, 1.82) is 0 Å². The molecule has 0 aliphatic rings. The summed E-state index contributed by atoms with van der Waals surface area (Å²) in [7, 11) is -4.67. The summed E-state index contributed by atoms with van der Waals surface area (Å²) in [5, 5.41) is 0. The van der Waals surface area contributed by atoms with Gasteiger partial charge in [-0.25, -0.2) is 0 Å². The Labute approximate surface area is 112 Å². The van der Waals surface area contributed by atoms with Gasteiger partial charge in [-0.3, -0.25) is 18.2 Å². The van der Waals surface area contributed by atoms with Crippen molar-refractivity contribution in [3.8, 4) is 0 Å². The second kappa shape index (κ2) is 12.0. The van der Waals surface area contributed by atoms with E-state index in [1.807, 2.05) is 0 Å². The summed E-state index contributed by atoms with van der Waals surface area (Å²) in [5.41, 5.74) is 0. The van der Waals surface area contributed by atoms with Crippen LogP contribution in [0.5, 0.6) is 0 Å². The normalized spacial score (nSPS) is 8.45. The molecule has 0 spiro atoms. The molecule has 0 aromatic carbocycles. The van der Waals surface area contributed by atoms with E-state index in [1.165, 1.54) is 0 Å². The molecule has 4 N–H and O–H groups in total. The minimum atomic E-state index is -4.67. The summed E-state index contributed by atoms with van der Waals surface area (Å²) in [5.74, 6) is 0. The maximum absolute atomic E-state index is 8.74. The van der Waals surface area contributed by atoms with Gasteiger partial charge >= 0.3 is 71.2 Å². The van der Waals surface area contributed by atoms with E-state index in [4.69, 9.17) is 30.8 Å². The topological polar surface area (TPSA) is 132 Å².